The van der Waals surface area contributed by atoms with E-state index in [1.165, 1.54) is 32.1 Å². The Morgan fingerprint density at radius 1 is 1.06 bits per heavy atom. The van der Waals surface area contributed by atoms with Crippen molar-refractivity contribution >= 4 is 5.78 Å². The Hall–Kier alpha value is -0.330. The van der Waals surface area contributed by atoms with Crippen LogP contribution >= 0.6 is 0 Å². The van der Waals surface area contributed by atoms with Crippen LogP contribution < -0.4 is 0 Å². The Morgan fingerprint density at radius 3 is 2.06 bits per heavy atom. The average Bonchev–Trinajstić information content (AvgIpc) is 2.29. The smallest absolute Gasteiger partial charge is 0.139 e. The van der Waals surface area contributed by atoms with Crippen molar-refractivity contribution in [3.63, 3.8) is 0 Å². The van der Waals surface area contributed by atoms with Crippen LogP contribution in [0.25, 0.3) is 0 Å². The van der Waals surface area contributed by atoms with Crippen molar-refractivity contribution in [2.24, 2.45) is 16.7 Å². The van der Waals surface area contributed by atoms with Crippen LogP contribution in [0.1, 0.15) is 79.6 Å². The average molecular weight is 238 g/mol. The molecular formula is C16H30O. The highest BCUT2D eigenvalue weighted by molar-refractivity contribution is 5.84. The summed E-state index contributed by atoms with van der Waals surface area (Å²) in [7, 11) is 0. The van der Waals surface area contributed by atoms with E-state index in [0.717, 1.165) is 18.8 Å². The molecular weight excluding hydrogens is 208 g/mol. The third kappa shape index (κ3) is 3.82. The normalized spacial score (nSPS) is 19.4. The molecule has 0 unspecified atom stereocenters. The summed E-state index contributed by atoms with van der Waals surface area (Å²) in [4.78, 5) is 12.4. The molecule has 0 aromatic heterocycles. The minimum Gasteiger partial charge on any atom is -0.299 e. The van der Waals surface area contributed by atoms with Crippen molar-refractivity contribution in [1.29, 1.82) is 0 Å². The summed E-state index contributed by atoms with van der Waals surface area (Å²) in [6, 6.07) is 0. The van der Waals surface area contributed by atoms with Crippen LogP contribution in [0.3, 0.4) is 0 Å². The van der Waals surface area contributed by atoms with Crippen LogP contribution in [-0.2, 0) is 4.79 Å². The van der Waals surface area contributed by atoms with Gasteiger partial charge in [0.15, 0.2) is 0 Å². The zero-order valence-electron chi connectivity index (χ0n) is 12.4. The Labute approximate surface area is 107 Å². The van der Waals surface area contributed by atoms with Gasteiger partial charge in [0.25, 0.3) is 0 Å². The van der Waals surface area contributed by atoms with E-state index >= 15 is 0 Å². The predicted molar refractivity (Wildman–Crippen MR) is 74.1 cm³/mol. The molecule has 1 saturated carbocycles. The van der Waals surface area contributed by atoms with E-state index in [4.69, 9.17) is 0 Å². The van der Waals surface area contributed by atoms with Crippen molar-refractivity contribution in [2.45, 2.75) is 79.6 Å². The van der Waals surface area contributed by atoms with Gasteiger partial charge in [-0.05, 0) is 30.6 Å². The Bertz CT molecular complexity index is 257. The van der Waals surface area contributed by atoms with Gasteiger partial charge in [-0.1, -0.05) is 53.9 Å². The zero-order chi connectivity index (χ0) is 13.1. The monoisotopic (exact) mass is 238 g/mol. The van der Waals surface area contributed by atoms with Crippen LogP contribution in [-0.4, -0.2) is 5.78 Å². The van der Waals surface area contributed by atoms with Gasteiger partial charge in [-0.2, -0.15) is 0 Å². The fourth-order valence-electron chi connectivity index (χ4n) is 2.88. The lowest BCUT2D eigenvalue weighted by molar-refractivity contribution is -0.130. The van der Waals surface area contributed by atoms with Crippen molar-refractivity contribution in [3.05, 3.63) is 0 Å². The second kappa shape index (κ2) is 5.54. The number of hydrogen-bond acceptors (Lipinski definition) is 1. The number of rotatable bonds is 5. The number of hydrogen-bond donors (Lipinski definition) is 0. The van der Waals surface area contributed by atoms with Crippen LogP contribution in [0, 0.1) is 16.7 Å². The third-order valence-electron chi connectivity index (χ3n) is 4.97. The maximum absolute atomic E-state index is 12.4. The molecule has 0 radical (unpaired) electrons. The number of ketones is 1. The summed E-state index contributed by atoms with van der Waals surface area (Å²) in [6.45, 7) is 10.9. The molecule has 1 fully saturated rings. The van der Waals surface area contributed by atoms with Crippen LogP contribution in [0.15, 0.2) is 0 Å². The molecule has 0 aliphatic heterocycles. The van der Waals surface area contributed by atoms with Gasteiger partial charge in [-0.3, -0.25) is 4.79 Å². The lowest BCUT2D eigenvalue weighted by Gasteiger charge is -2.38. The second-order valence-electron chi connectivity index (χ2n) is 7.16. The largest absolute Gasteiger partial charge is 0.299 e. The van der Waals surface area contributed by atoms with E-state index in [0.29, 0.717) is 5.78 Å². The molecule has 1 aliphatic carbocycles. The maximum Gasteiger partial charge on any atom is 0.139 e. The van der Waals surface area contributed by atoms with Gasteiger partial charge in [0.1, 0.15) is 5.78 Å². The molecule has 0 aromatic rings. The van der Waals surface area contributed by atoms with Gasteiger partial charge in [0.2, 0.25) is 0 Å². The fourth-order valence-corrected chi connectivity index (χ4v) is 2.88. The first-order valence-electron chi connectivity index (χ1n) is 7.33. The molecule has 100 valence electrons. The first-order valence-corrected chi connectivity index (χ1v) is 7.33. The molecule has 1 rings (SSSR count). The summed E-state index contributed by atoms with van der Waals surface area (Å²) >= 11 is 0. The first kappa shape index (κ1) is 14.7. The maximum atomic E-state index is 12.4. The lowest BCUT2D eigenvalue weighted by atomic mass is 9.66. The van der Waals surface area contributed by atoms with Crippen molar-refractivity contribution in [3.8, 4) is 0 Å². The highest BCUT2D eigenvalue weighted by Gasteiger charge is 2.36. The molecule has 0 aromatic carbocycles. The van der Waals surface area contributed by atoms with Gasteiger partial charge >= 0.3 is 0 Å². The fraction of sp³-hybridized carbons (Fsp3) is 0.938. The molecule has 1 heteroatoms. The van der Waals surface area contributed by atoms with Gasteiger partial charge in [0, 0.05) is 11.8 Å². The molecule has 0 atom stereocenters. The van der Waals surface area contributed by atoms with Crippen LogP contribution in [0.5, 0.6) is 0 Å². The van der Waals surface area contributed by atoms with Crippen molar-refractivity contribution < 1.29 is 4.79 Å². The van der Waals surface area contributed by atoms with Crippen molar-refractivity contribution in [2.75, 3.05) is 0 Å². The van der Waals surface area contributed by atoms with E-state index in [2.05, 4.69) is 34.6 Å². The highest BCUT2D eigenvalue weighted by atomic mass is 16.1. The Morgan fingerprint density at radius 2 is 1.59 bits per heavy atom. The highest BCUT2D eigenvalue weighted by Crippen LogP contribution is 2.42. The van der Waals surface area contributed by atoms with Crippen LogP contribution in [0.2, 0.25) is 0 Å². The Balaban J connectivity index is 2.61. The molecule has 1 aliphatic rings. The summed E-state index contributed by atoms with van der Waals surface area (Å²) < 4.78 is 0. The van der Waals surface area contributed by atoms with Gasteiger partial charge in [0.05, 0.1) is 0 Å². The molecule has 0 bridgehead atoms. The first-order chi connectivity index (χ1) is 7.79. The van der Waals surface area contributed by atoms with Crippen LogP contribution in [0.4, 0.5) is 0 Å². The number of carbonyl (C=O) groups is 1. The minimum absolute atomic E-state index is 0.133. The minimum atomic E-state index is -0.133. The van der Waals surface area contributed by atoms with Gasteiger partial charge in [-0.15, -0.1) is 0 Å². The predicted octanol–water partition coefficient (Wildman–Crippen LogP) is 4.99. The zero-order valence-corrected chi connectivity index (χ0v) is 12.4. The summed E-state index contributed by atoms with van der Waals surface area (Å²) in [5, 5.41) is 0. The molecule has 0 spiro atoms. The topological polar surface area (TPSA) is 17.1 Å². The quantitative estimate of drug-likeness (QED) is 0.659. The molecule has 0 amide bonds. The number of Topliss-reactive ketones (excluding diaryl/α,β-unsaturated/α-hetero) is 1. The summed E-state index contributed by atoms with van der Waals surface area (Å²) in [6.07, 6.45) is 8.48. The van der Waals surface area contributed by atoms with Gasteiger partial charge < -0.3 is 0 Å². The summed E-state index contributed by atoms with van der Waals surface area (Å²) in [5.74, 6) is 1.21. The number of carbonyl (C=O) groups excluding carboxylic acids is 1. The van der Waals surface area contributed by atoms with E-state index in [1.54, 1.807) is 0 Å². The molecule has 0 saturated heterocycles. The molecule has 0 N–H and O–H groups in total. The molecule has 1 nitrogen and oxygen atoms in total. The SMILES string of the molecule is CCC(C)(C)C(=O)CC(C)(C)C1CCCCC1. The van der Waals surface area contributed by atoms with E-state index in [-0.39, 0.29) is 10.8 Å². The van der Waals surface area contributed by atoms with Gasteiger partial charge in [-0.25, -0.2) is 0 Å². The third-order valence-corrected chi connectivity index (χ3v) is 4.97. The Kier molecular flexibility index (Phi) is 4.80. The lowest BCUT2D eigenvalue weighted by Crippen LogP contribution is -2.34. The van der Waals surface area contributed by atoms with E-state index in [9.17, 15) is 4.79 Å². The second-order valence-corrected chi connectivity index (χ2v) is 7.16. The van der Waals surface area contributed by atoms with Crippen molar-refractivity contribution in [1.82, 2.24) is 0 Å². The molecule has 17 heavy (non-hydrogen) atoms. The molecule has 0 heterocycles. The standard InChI is InChI=1S/C16H30O/c1-6-15(2,3)14(17)12-16(4,5)13-10-8-7-9-11-13/h13H,6-12H2,1-5H3. The van der Waals surface area contributed by atoms with E-state index < -0.39 is 0 Å². The summed E-state index contributed by atoms with van der Waals surface area (Å²) in [5.41, 5.74) is 0.0654. The van der Waals surface area contributed by atoms with E-state index in [1.807, 2.05) is 0 Å².